The Kier molecular flexibility index (Phi) is 9.31. The van der Waals surface area contributed by atoms with Gasteiger partial charge in [-0.1, -0.05) is 99.6 Å². The topological polar surface area (TPSA) is 0 Å². The summed E-state index contributed by atoms with van der Waals surface area (Å²) in [5.74, 6) is 0. The van der Waals surface area contributed by atoms with Gasteiger partial charge in [-0.15, -0.1) is 0 Å². The number of rotatable bonds is 12. The maximum Gasteiger partial charge on any atom is -0.0181 e. The molecule has 0 atom stereocenters. The summed E-state index contributed by atoms with van der Waals surface area (Å²) in [7, 11) is 0. The lowest BCUT2D eigenvalue weighted by atomic mass is 10.0. The fourth-order valence-electron chi connectivity index (χ4n) is 3.39. The van der Waals surface area contributed by atoms with Gasteiger partial charge in [0.25, 0.3) is 0 Å². The van der Waals surface area contributed by atoms with Crippen LogP contribution in [-0.4, -0.2) is 0 Å². The molecule has 0 heteroatoms. The predicted molar refractivity (Wildman–Crippen MR) is 109 cm³/mol. The lowest BCUT2D eigenvalue weighted by Gasteiger charge is -2.05. The average Bonchev–Trinajstić information content (AvgIpc) is 2.62. The highest BCUT2D eigenvalue weighted by Gasteiger charge is 1.97. The van der Waals surface area contributed by atoms with Crippen molar-refractivity contribution in [3.8, 4) is 0 Å². The van der Waals surface area contributed by atoms with E-state index in [1.165, 1.54) is 87.0 Å². The van der Waals surface area contributed by atoms with Crippen molar-refractivity contribution in [2.45, 2.75) is 77.6 Å². The molecule has 0 radical (unpaired) electrons. The molecule has 24 heavy (non-hydrogen) atoms. The summed E-state index contributed by atoms with van der Waals surface area (Å²) in [6.07, 6.45) is 19.6. The maximum atomic E-state index is 2.36. The summed E-state index contributed by atoms with van der Waals surface area (Å²) in [6, 6.07) is 15.6. The van der Waals surface area contributed by atoms with Gasteiger partial charge in [-0.25, -0.2) is 0 Å². The minimum absolute atomic E-state index is 1.23. The fraction of sp³-hybridized carbons (Fsp3) is 0.500. The molecule has 2 rings (SSSR count). The first-order chi connectivity index (χ1) is 11.9. The van der Waals surface area contributed by atoms with Crippen molar-refractivity contribution >= 4 is 10.8 Å². The predicted octanol–water partition coefficient (Wildman–Crippen LogP) is 7.86. The Labute approximate surface area is 149 Å². The average molecular weight is 323 g/mol. The first-order valence-corrected chi connectivity index (χ1v) is 9.99. The molecular weight excluding hydrogens is 288 g/mol. The van der Waals surface area contributed by atoms with Crippen LogP contribution >= 0.6 is 0 Å². The van der Waals surface area contributed by atoms with Crippen LogP contribution in [0.5, 0.6) is 0 Å². The highest BCUT2D eigenvalue weighted by molar-refractivity contribution is 5.82. The van der Waals surface area contributed by atoms with E-state index in [9.17, 15) is 0 Å². The van der Waals surface area contributed by atoms with Crippen molar-refractivity contribution in [2.75, 3.05) is 0 Å². The van der Waals surface area contributed by atoms with Gasteiger partial charge in [-0.2, -0.15) is 0 Å². The van der Waals surface area contributed by atoms with Crippen molar-refractivity contribution in [3.05, 3.63) is 60.2 Å². The van der Waals surface area contributed by atoms with Crippen LogP contribution in [0.2, 0.25) is 0 Å². The first kappa shape index (κ1) is 18.8. The van der Waals surface area contributed by atoms with Crippen LogP contribution < -0.4 is 0 Å². The summed E-state index contributed by atoms with van der Waals surface area (Å²) in [4.78, 5) is 0. The number of fused-ring (bicyclic) bond motifs is 1. The minimum atomic E-state index is 1.23. The molecule has 0 spiro atoms. The smallest absolute Gasteiger partial charge is 0.0181 e. The second kappa shape index (κ2) is 11.9. The van der Waals surface area contributed by atoms with E-state index in [0.717, 1.165) is 0 Å². The molecule has 0 N–H and O–H groups in total. The van der Waals surface area contributed by atoms with E-state index < -0.39 is 0 Å². The standard InChI is InChI=1S/C24H34/c1-2-3-4-5-6-7-8-9-10-11-12-13-16-22-19-20-23-17-14-15-18-24(23)21-22/h2-3,14-15,17-21H,4-13,16H2,1H3/b3-2+. The van der Waals surface area contributed by atoms with Crippen LogP contribution in [0.15, 0.2) is 54.6 Å². The lowest BCUT2D eigenvalue weighted by Crippen LogP contribution is -1.87. The normalized spacial score (nSPS) is 11.5. The molecule has 2 aromatic rings. The summed E-state index contributed by atoms with van der Waals surface area (Å²) in [6.45, 7) is 2.11. The highest BCUT2D eigenvalue weighted by Crippen LogP contribution is 2.18. The molecule has 0 aliphatic carbocycles. The van der Waals surface area contributed by atoms with Crippen molar-refractivity contribution < 1.29 is 0 Å². The molecule has 0 nitrogen and oxygen atoms in total. The number of aryl methyl sites for hydroxylation is 1. The Hall–Kier alpha value is -1.56. The molecule has 0 saturated carbocycles. The maximum absolute atomic E-state index is 2.36. The Balaban J connectivity index is 1.47. The SMILES string of the molecule is C/C=C/CCCCCCCCCCCc1ccc2ccccc2c1. The number of allylic oxidation sites excluding steroid dienone is 2. The molecule has 0 aliphatic rings. The minimum Gasteiger partial charge on any atom is -0.0917 e. The monoisotopic (exact) mass is 322 g/mol. The van der Waals surface area contributed by atoms with Crippen molar-refractivity contribution in [2.24, 2.45) is 0 Å². The third-order valence-corrected chi connectivity index (χ3v) is 4.89. The van der Waals surface area contributed by atoms with E-state index in [-0.39, 0.29) is 0 Å². The van der Waals surface area contributed by atoms with Gasteiger partial charge in [-0.3, -0.25) is 0 Å². The zero-order valence-electron chi connectivity index (χ0n) is 15.5. The van der Waals surface area contributed by atoms with Crippen LogP contribution in [0.25, 0.3) is 10.8 Å². The van der Waals surface area contributed by atoms with Crippen molar-refractivity contribution in [1.82, 2.24) is 0 Å². The van der Waals surface area contributed by atoms with Crippen LogP contribution in [-0.2, 0) is 6.42 Å². The molecule has 0 aliphatic heterocycles. The van der Waals surface area contributed by atoms with E-state index in [0.29, 0.717) is 0 Å². The summed E-state index contributed by atoms with van der Waals surface area (Å²) >= 11 is 0. The van der Waals surface area contributed by atoms with Gasteiger partial charge in [0.1, 0.15) is 0 Å². The van der Waals surface area contributed by atoms with E-state index in [1.54, 1.807) is 0 Å². The molecule has 0 bridgehead atoms. The first-order valence-electron chi connectivity index (χ1n) is 9.99. The van der Waals surface area contributed by atoms with Crippen LogP contribution in [0.4, 0.5) is 0 Å². The van der Waals surface area contributed by atoms with Crippen LogP contribution in [0.1, 0.15) is 76.7 Å². The zero-order chi connectivity index (χ0) is 16.9. The molecule has 0 fully saturated rings. The summed E-state index contributed by atoms with van der Waals surface area (Å²) in [5.41, 5.74) is 1.50. The van der Waals surface area contributed by atoms with Crippen molar-refractivity contribution in [3.63, 3.8) is 0 Å². The molecular formula is C24H34. The summed E-state index contributed by atoms with van der Waals surface area (Å²) in [5, 5.41) is 2.73. The van der Waals surface area contributed by atoms with Gasteiger partial charge < -0.3 is 0 Å². The van der Waals surface area contributed by atoms with E-state index in [4.69, 9.17) is 0 Å². The van der Waals surface area contributed by atoms with Crippen LogP contribution in [0, 0.1) is 0 Å². The molecule has 0 unspecified atom stereocenters. The third-order valence-electron chi connectivity index (χ3n) is 4.89. The van der Waals surface area contributed by atoms with Gasteiger partial charge in [0.05, 0.1) is 0 Å². The molecule has 0 heterocycles. The molecule has 0 aromatic heterocycles. The summed E-state index contributed by atoms with van der Waals surface area (Å²) < 4.78 is 0. The molecule has 2 aromatic carbocycles. The largest absolute Gasteiger partial charge is 0.0917 e. The quantitative estimate of drug-likeness (QED) is 0.275. The number of benzene rings is 2. The van der Waals surface area contributed by atoms with Gasteiger partial charge in [0.15, 0.2) is 0 Å². The number of hydrogen-bond acceptors (Lipinski definition) is 0. The highest BCUT2D eigenvalue weighted by atomic mass is 14.0. The molecule has 0 saturated heterocycles. The van der Waals surface area contributed by atoms with Crippen LogP contribution in [0.3, 0.4) is 0 Å². The lowest BCUT2D eigenvalue weighted by molar-refractivity contribution is 0.560. The number of unbranched alkanes of at least 4 members (excludes halogenated alkanes) is 9. The Morgan fingerprint density at radius 3 is 2.00 bits per heavy atom. The van der Waals surface area contributed by atoms with E-state index >= 15 is 0 Å². The van der Waals surface area contributed by atoms with Gasteiger partial charge >= 0.3 is 0 Å². The third kappa shape index (κ3) is 7.34. The molecule has 130 valence electrons. The van der Waals surface area contributed by atoms with Gasteiger partial charge in [0.2, 0.25) is 0 Å². The Morgan fingerprint density at radius 2 is 1.29 bits per heavy atom. The van der Waals surface area contributed by atoms with Gasteiger partial charge in [-0.05, 0) is 48.9 Å². The van der Waals surface area contributed by atoms with E-state index in [2.05, 4.69) is 61.5 Å². The van der Waals surface area contributed by atoms with Crippen molar-refractivity contribution in [1.29, 1.82) is 0 Å². The fourth-order valence-corrected chi connectivity index (χ4v) is 3.39. The second-order valence-electron chi connectivity index (χ2n) is 6.97. The second-order valence-corrected chi connectivity index (χ2v) is 6.97. The Bertz CT molecular complexity index is 594. The van der Waals surface area contributed by atoms with Gasteiger partial charge in [0, 0.05) is 0 Å². The zero-order valence-corrected chi connectivity index (χ0v) is 15.5. The Morgan fingerprint density at radius 1 is 0.667 bits per heavy atom. The van der Waals surface area contributed by atoms with E-state index in [1.807, 2.05) is 0 Å². The number of hydrogen-bond donors (Lipinski definition) is 0. The molecule has 0 amide bonds.